The van der Waals surface area contributed by atoms with Gasteiger partial charge in [-0.3, -0.25) is 0 Å². The fourth-order valence-electron chi connectivity index (χ4n) is 1.42. The van der Waals surface area contributed by atoms with Gasteiger partial charge in [0, 0.05) is 0 Å². The Hall–Kier alpha value is -1.43. The molecule has 0 aliphatic carbocycles. The zero-order valence-corrected chi connectivity index (χ0v) is 11.6. The fourth-order valence-corrected chi connectivity index (χ4v) is 1.91. The average Bonchev–Trinajstić information content (AvgIpc) is 2.41. The van der Waals surface area contributed by atoms with Gasteiger partial charge in [0.05, 0.1) is 9.13 Å². The summed E-state index contributed by atoms with van der Waals surface area (Å²) in [6.07, 6.45) is 0. The van der Waals surface area contributed by atoms with Crippen LogP contribution in [-0.4, -0.2) is 5.97 Å². The minimum absolute atomic E-state index is 0.409. The van der Waals surface area contributed by atoms with Crippen molar-refractivity contribution in [2.75, 3.05) is 0 Å². The summed E-state index contributed by atoms with van der Waals surface area (Å²) >= 11 is 2.10. The Balaban J connectivity index is 2.14. The van der Waals surface area contributed by atoms with E-state index in [4.69, 9.17) is 4.74 Å². The van der Waals surface area contributed by atoms with Gasteiger partial charge in [-0.05, 0) is 52.4 Å². The van der Waals surface area contributed by atoms with Gasteiger partial charge in [0.25, 0.3) is 0 Å². The number of halogens is 2. The number of alkyl halides is 1. The Labute approximate surface area is 118 Å². The largest absolute Gasteiger partial charge is 0.422 e. The monoisotopic (exact) mass is 355 g/mol. The lowest BCUT2D eigenvalue weighted by Crippen LogP contribution is -2.09. The first-order valence-electron chi connectivity index (χ1n) is 5.32. The second-order valence-electron chi connectivity index (χ2n) is 3.65. The number of para-hydroxylation sites is 1. The summed E-state index contributed by atoms with van der Waals surface area (Å²) in [5.41, 5.74) is 0.952. The molecule has 0 amide bonds. The number of benzene rings is 2. The molecule has 2 nitrogen and oxygen atoms in total. The number of hydrogen-bond donors (Lipinski definition) is 0. The summed E-state index contributed by atoms with van der Waals surface area (Å²) in [6.45, 7) is -0.536. The van der Waals surface area contributed by atoms with E-state index in [1.54, 1.807) is 36.4 Å². The van der Waals surface area contributed by atoms with E-state index in [2.05, 4.69) is 22.6 Å². The summed E-state index contributed by atoms with van der Waals surface area (Å²) in [6, 6.07) is 13.5. The van der Waals surface area contributed by atoms with E-state index in [9.17, 15) is 9.18 Å². The van der Waals surface area contributed by atoms with Crippen molar-refractivity contribution in [2.24, 2.45) is 0 Å². The number of carbonyl (C=O) groups is 1. The quantitative estimate of drug-likeness (QED) is 0.473. The standard InChI is InChI=1S/C14H10FIO2/c15-9-10-5-7-11(8-6-10)14(17)18-13-4-2-1-3-12(13)16/h1-8H,9H2/i15-1. The third-order valence-corrected chi connectivity index (χ3v) is 3.27. The Morgan fingerprint density at radius 2 is 1.78 bits per heavy atom. The summed E-state index contributed by atoms with van der Waals surface area (Å²) in [5, 5.41) is 0. The molecule has 0 heterocycles. The lowest BCUT2D eigenvalue weighted by atomic mass is 10.1. The molecule has 2 aromatic rings. The van der Waals surface area contributed by atoms with Crippen LogP contribution in [0.25, 0.3) is 0 Å². The molecule has 0 aromatic heterocycles. The summed E-state index contributed by atoms with van der Waals surface area (Å²) in [5.74, 6) is 0.0854. The second kappa shape index (κ2) is 5.95. The van der Waals surface area contributed by atoms with Crippen molar-refractivity contribution in [3.05, 3.63) is 63.2 Å². The fraction of sp³-hybridized carbons (Fsp3) is 0.0714. The molecule has 0 radical (unpaired) electrons. The van der Waals surface area contributed by atoms with E-state index in [1.807, 2.05) is 12.1 Å². The molecule has 18 heavy (non-hydrogen) atoms. The Morgan fingerprint density at radius 1 is 1.11 bits per heavy atom. The van der Waals surface area contributed by atoms with Crippen LogP contribution in [0.4, 0.5) is 4.39 Å². The Bertz CT molecular complexity index is 552. The van der Waals surface area contributed by atoms with Gasteiger partial charge in [0.1, 0.15) is 12.4 Å². The van der Waals surface area contributed by atoms with Crippen LogP contribution in [0.15, 0.2) is 48.5 Å². The van der Waals surface area contributed by atoms with Gasteiger partial charge >= 0.3 is 5.97 Å². The number of hydrogen-bond acceptors (Lipinski definition) is 2. The van der Waals surface area contributed by atoms with Crippen molar-refractivity contribution in [3.63, 3.8) is 0 Å². The van der Waals surface area contributed by atoms with Crippen molar-refractivity contribution in [1.82, 2.24) is 0 Å². The molecule has 4 heteroatoms. The molecule has 0 saturated carbocycles. The smallest absolute Gasteiger partial charge is 0.343 e. The van der Waals surface area contributed by atoms with Crippen LogP contribution >= 0.6 is 22.6 Å². The predicted molar refractivity (Wildman–Crippen MR) is 75.4 cm³/mol. The van der Waals surface area contributed by atoms with Gasteiger partial charge in [0.15, 0.2) is 0 Å². The first kappa shape index (κ1) is 13.0. The van der Waals surface area contributed by atoms with Gasteiger partial charge in [-0.1, -0.05) is 24.3 Å². The van der Waals surface area contributed by atoms with Crippen molar-refractivity contribution < 1.29 is 13.9 Å². The SMILES string of the molecule is O=C(Oc1ccccc1I)c1ccc(C[18F])cc1. The average molecular weight is 355 g/mol. The molecule has 0 unspecified atom stereocenters. The van der Waals surface area contributed by atoms with E-state index >= 15 is 0 Å². The molecule has 0 N–H and O–H groups in total. The van der Waals surface area contributed by atoms with Crippen LogP contribution in [0.3, 0.4) is 0 Å². The van der Waals surface area contributed by atoms with Gasteiger partial charge < -0.3 is 4.74 Å². The van der Waals surface area contributed by atoms with E-state index in [-0.39, 0.29) is 0 Å². The Morgan fingerprint density at radius 3 is 2.39 bits per heavy atom. The summed E-state index contributed by atoms with van der Waals surface area (Å²) < 4.78 is 18.5. The third kappa shape index (κ3) is 3.07. The molecular weight excluding hydrogens is 345 g/mol. The Kier molecular flexibility index (Phi) is 4.30. The highest BCUT2D eigenvalue weighted by molar-refractivity contribution is 14.1. The highest BCUT2D eigenvalue weighted by atomic mass is 127. The first-order valence-corrected chi connectivity index (χ1v) is 6.40. The lowest BCUT2D eigenvalue weighted by Gasteiger charge is -2.06. The highest BCUT2D eigenvalue weighted by Gasteiger charge is 2.10. The number of carbonyl (C=O) groups excluding carboxylic acids is 1. The minimum atomic E-state index is -0.536. The van der Waals surface area contributed by atoms with Crippen LogP contribution in [-0.2, 0) is 6.67 Å². The number of ether oxygens (including phenoxy) is 1. The molecule has 0 aliphatic rings. The molecule has 0 spiro atoms. The van der Waals surface area contributed by atoms with Crippen molar-refractivity contribution in [1.29, 1.82) is 0 Å². The maximum absolute atomic E-state index is 12.3. The van der Waals surface area contributed by atoms with E-state index in [0.717, 1.165) is 3.57 Å². The lowest BCUT2D eigenvalue weighted by molar-refractivity contribution is 0.0733. The highest BCUT2D eigenvalue weighted by Crippen LogP contribution is 2.21. The van der Waals surface area contributed by atoms with Crippen molar-refractivity contribution in [3.8, 4) is 5.75 Å². The van der Waals surface area contributed by atoms with E-state index in [1.165, 1.54) is 0 Å². The molecule has 0 atom stereocenters. The second-order valence-corrected chi connectivity index (χ2v) is 4.81. The maximum atomic E-state index is 12.3. The molecule has 2 aromatic carbocycles. The zero-order chi connectivity index (χ0) is 13.0. The van der Waals surface area contributed by atoms with Gasteiger partial charge in [-0.2, -0.15) is 0 Å². The van der Waals surface area contributed by atoms with Crippen molar-refractivity contribution in [2.45, 2.75) is 6.67 Å². The molecular formula is C14H10FIO2. The van der Waals surface area contributed by atoms with Gasteiger partial charge in [-0.25, -0.2) is 9.18 Å². The molecule has 92 valence electrons. The molecule has 2 rings (SSSR count). The molecule has 0 aliphatic heterocycles. The van der Waals surface area contributed by atoms with Crippen molar-refractivity contribution >= 4 is 28.6 Å². The topological polar surface area (TPSA) is 26.3 Å². The summed E-state index contributed by atoms with van der Waals surface area (Å²) in [7, 11) is 0. The molecule has 0 saturated heterocycles. The zero-order valence-electron chi connectivity index (χ0n) is 9.40. The van der Waals surface area contributed by atoms with Crippen LogP contribution in [0.5, 0.6) is 5.75 Å². The summed E-state index contributed by atoms with van der Waals surface area (Å²) in [4.78, 5) is 11.8. The maximum Gasteiger partial charge on any atom is 0.343 e. The normalized spacial score (nSPS) is 10.1. The van der Waals surface area contributed by atoms with Gasteiger partial charge in [0.2, 0.25) is 0 Å². The number of esters is 1. The molecule has 0 bridgehead atoms. The number of rotatable bonds is 3. The van der Waals surface area contributed by atoms with Crippen LogP contribution in [0.2, 0.25) is 0 Å². The van der Waals surface area contributed by atoms with Crippen LogP contribution < -0.4 is 4.74 Å². The van der Waals surface area contributed by atoms with Crippen LogP contribution in [0, 0.1) is 3.57 Å². The predicted octanol–water partition coefficient (Wildman–Crippen LogP) is 3.98. The van der Waals surface area contributed by atoms with Gasteiger partial charge in [-0.15, -0.1) is 0 Å². The van der Waals surface area contributed by atoms with E-state index < -0.39 is 12.6 Å². The van der Waals surface area contributed by atoms with E-state index in [0.29, 0.717) is 16.9 Å². The molecule has 0 fully saturated rings. The van der Waals surface area contributed by atoms with Crippen LogP contribution in [0.1, 0.15) is 15.9 Å². The first-order chi connectivity index (χ1) is 8.70. The minimum Gasteiger partial charge on any atom is -0.422 e. The third-order valence-electron chi connectivity index (χ3n) is 2.38.